The molecular weight excluding hydrogens is 414 g/mol. The van der Waals surface area contributed by atoms with Crippen molar-refractivity contribution < 1.29 is 24.5 Å². The van der Waals surface area contributed by atoms with Gasteiger partial charge in [-0.2, -0.15) is 0 Å². The van der Waals surface area contributed by atoms with Crippen molar-refractivity contribution in [1.29, 1.82) is 0 Å². The van der Waals surface area contributed by atoms with E-state index in [1.807, 2.05) is 0 Å². The molecule has 190 valence electrons. The third-order valence-corrected chi connectivity index (χ3v) is 5.49. The molecule has 0 unspecified atom stereocenters. The second kappa shape index (κ2) is 18.6. The first-order valence-corrected chi connectivity index (χ1v) is 12.0. The summed E-state index contributed by atoms with van der Waals surface area (Å²) in [6.07, 6.45) is 0.437. The Bertz CT molecular complexity index is 472. The van der Waals surface area contributed by atoms with Crippen molar-refractivity contribution in [2.75, 3.05) is 113 Å². The van der Waals surface area contributed by atoms with Crippen molar-refractivity contribution in [2.45, 2.75) is 26.1 Å². The van der Waals surface area contributed by atoms with Crippen LogP contribution >= 0.6 is 0 Å². The van der Waals surface area contributed by atoms with Crippen LogP contribution in [-0.2, 0) is 14.3 Å². The van der Waals surface area contributed by atoms with E-state index < -0.39 is 6.29 Å². The summed E-state index contributed by atoms with van der Waals surface area (Å²) in [5, 5.41) is 21.8. The molecule has 1 fully saturated rings. The van der Waals surface area contributed by atoms with Crippen LogP contribution in [0.2, 0.25) is 0 Å². The van der Waals surface area contributed by atoms with Gasteiger partial charge in [0.25, 0.3) is 0 Å². The summed E-state index contributed by atoms with van der Waals surface area (Å²) < 4.78 is 10.9. The van der Waals surface area contributed by atoms with Crippen LogP contribution in [0.4, 0.5) is 0 Å². The Kier molecular flexibility index (Phi) is 16.9. The van der Waals surface area contributed by atoms with Crippen LogP contribution in [0.3, 0.4) is 0 Å². The Hall–Kier alpha value is -0.850. The topological polar surface area (TPSA) is 101 Å². The number of aliphatic hydroxyl groups is 2. The van der Waals surface area contributed by atoms with E-state index in [0.717, 1.165) is 58.7 Å². The van der Waals surface area contributed by atoms with Gasteiger partial charge in [-0.3, -0.25) is 14.6 Å². The molecule has 1 rings (SSSR count). The molecule has 1 aliphatic rings. The molecule has 1 amide bonds. The summed E-state index contributed by atoms with van der Waals surface area (Å²) in [6.45, 7) is 12.4. The van der Waals surface area contributed by atoms with Crippen LogP contribution < -0.4 is 5.32 Å². The second-order valence-corrected chi connectivity index (χ2v) is 8.59. The van der Waals surface area contributed by atoms with E-state index in [2.05, 4.69) is 45.9 Å². The van der Waals surface area contributed by atoms with E-state index in [1.165, 1.54) is 0 Å². The number of likely N-dealkylation sites (N-methyl/N-ethyl adjacent to an activating group) is 2. The normalized spacial score (nSPS) is 19.1. The van der Waals surface area contributed by atoms with Crippen molar-refractivity contribution in [2.24, 2.45) is 0 Å². The SMILES string of the molecule is CCCOCCOCCCNC(=O)CN1CCN(C)CCN(C)CCN(CC(O)O)CC1. The van der Waals surface area contributed by atoms with Gasteiger partial charge >= 0.3 is 0 Å². The van der Waals surface area contributed by atoms with Crippen molar-refractivity contribution >= 4 is 5.91 Å². The maximum Gasteiger partial charge on any atom is 0.234 e. The first-order chi connectivity index (χ1) is 15.4. The fourth-order valence-corrected chi connectivity index (χ4v) is 3.39. The van der Waals surface area contributed by atoms with Crippen molar-refractivity contribution in [3.05, 3.63) is 0 Å². The minimum absolute atomic E-state index is 0.0134. The van der Waals surface area contributed by atoms with E-state index >= 15 is 0 Å². The zero-order chi connectivity index (χ0) is 23.6. The maximum absolute atomic E-state index is 12.4. The van der Waals surface area contributed by atoms with E-state index in [-0.39, 0.29) is 12.5 Å². The van der Waals surface area contributed by atoms with E-state index in [4.69, 9.17) is 9.47 Å². The zero-order valence-electron chi connectivity index (χ0n) is 20.5. The summed E-state index contributed by atoms with van der Waals surface area (Å²) in [6, 6.07) is 0. The summed E-state index contributed by atoms with van der Waals surface area (Å²) in [7, 11) is 4.20. The highest BCUT2D eigenvalue weighted by atomic mass is 16.5. The molecule has 0 bridgehead atoms. The Labute approximate surface area is 194 Å². The molecular formula is C22H47N5O5. The van der Waals surface area contributed by atoms with Gasteiger partial charge in [0, 0.05) is 78.7 Å². The number of carbonyl (C=O) groups is 1. The lowest BCUT2D eigenvalue weighted by Gasteiger charge is -2.32. The number of hydrogen-bond donors (Lipinski definition) is 3. The minimum atomic E-state index is -1.35. The minimum Gasteiger partial charge on any atom is -0.379 e. The molecule has 0 radical (unpaired) electrons. The number of hydrogen-bond acceptors (Lipinski definition) is 9. The third-order valence-electron chi connectivity index (χ3n) is 5.49. The Balaban J connectivity index is 2.38. The Morgan fingerprint density at radius 1 is 0.844 bits per heavy atom. The Morgan fingerprint density at radius 2 is 1.38 bits per heavy atom. The van der Waals surface area contributed by atoms with Gasteiger partial charge < -0.3 is 34.8 Å². The predicted octanol–water partition coefficient (Wildman–Crippen LogP) is -1.27. The molecule has 1 aliphatic heterocycles. The van der Waals surface area contributed by atoms with E-state index in [1.54, 1.807) is 0 Å². The number of carbonyl (C=O) groups excluding carboxylic acids is 1. The number of rotatable bonds is 13. The van der Waals surface area contributed by atoms with Crippen LogP contribution in [0.5, 0.6) is 0 Å². The quantitative estimate of drug-likeness (QED) is 0.229. The molecule has 10 heteroatoms. The highest BCUT2D eigenvalue weighted by Crippen LogP contribution is 1.99. The van der Waals surface area contributed by atoms with Gasteiger partial charge in [0.1, 0.15) is 0 Å². The molecule has 1 saturated heterocycles. The molecule has 1 heterocycles. The summed E-state index contributed by atoms with van der Waals surface area (Å²) in [5.74, 6) is 0.0134. The predicted molar refractivity (Wildman–Crippen MR) is 126 cm³/mol. The lowest BCUT2D eigenvalue weighted by Crippen LogP contribution is -2.48. The molecule has 3 N–H and O–H groups in total. The molecule has 0 aromatic heterocycles. The van der Waals surface area contributed by atoms with Gasteiger partial charge in [-0.15, -0.1) is 0 Å². The fraction of sp³-hybridized carbons (Fsp3) is 0.955. The molecule has 32 heavy (non-hydrogen) atoms. The van der Waals surface area contributed by atoms with Gasteiger partial charge in [0.05, 0.1) is 19.8 Å². The number of β-amino-alcohol motifs (C(OH)–C–C–N with tert-alkyl or cyclic N) is 2. The van der Waals surface area contributed by atoms with Gasteiger partial charge in [-0.25, -0.2) is 0 Å². The average Bonchev–Trinajstić information content (AvgIpc) is 2.75. The monoisotopic (exact) mass is 461 g/mol. The standard InChI is InChI=1S/C22H47N5O5/c1-4-15-31-17-18-32-16-5-6-23-21(28)19-26-11-9-24(2)7-8-25(3)10-12-27(14-13-26)20-22(29)30/h22,29-30H,4-20H2,1-3H3,(H,23,28). The van der Waals surface area contributed by atoms with Gasteiger partial charge in [-0.1, -0.05) is 6.92 Å². The number of nitrogens with one attached hydrogen (secondary N) is 1. The number of amides is 1. The lowest BCUT2D eigenvalue weighted by molar-refractivity contribution is -0.122. The first kappa shape index (κ1) is 29.2. The summed E-state index contributed by atoms with van der Waals surface area (Å²) in [5.41, 5.74) is 0. The van der Waals surface area contributed by atoms with Crippen molar-refractivity contribution in [1.82, 2.24) is 24.9 Å². The second-order valence-electron chi connectivity index (χ2n) is 8.59. The van der Waals surface area contributed by atoms with E-state index in [9.17, 15) is 15.0 Å². The highest BCUT2D eigenvalue weighted by Gasteiger charge is 2.17. The van der Waals surface area contributed by atoms with Crippen LogP contribution in [-0.4, -0.2) is 155 Å². The molecule has 0 aromatic rings. The van der Waals surface area contributed by atoms with Crippen LogP contribution in [0.25, 0.3) is 0 Å². The summed E-state index contributed by atoms with van der Waals surface area (Å²) >= 11 is 0. The molecule has 0 aliphatic carbocycles. The van der Waals surface area contributed by atoms with Crippen LogP contribution in [0.1, 0.15) is 19.8 Å². The van der Waals surface area contributed by atoms with Gasteiger partial charge in [0.2, 0.25) is 5.91 Å². The lowest BCUT2D eigenvalue weighted by atomic mass is 10.3. The van der Waals surface area contributed by atoms with Gasteiger partial charge in [0.15, 0.2) is 6.29 Å². The Morgan fingerprint density at radius 3 is 2.00 bits per heavy atom. The van der Waals surface area contributed by atoms with Crippen molar-refractivity contribution in [3.8, 4) is 0 Å². The molecule has 0 aromatic carbocycles. The van der Waals surface area contributed by atoms with Gasteiger partial charge in [-0.05, 0) is 26.9 Å². The van der Waals surface area contributed by atoms with Crippen LogP contribution in [0.15, 0.2) is 0 Å². The fourth-order valence-electron chi connectivity index (χ4n) is 3.39. The van der Waals surface area contributed by atoms with Crippen molar-refractivity contribution in [3.63, 3.8) is 0 Å². The smallest absolute Gasteiger partial charge is 0.234 e. The largest absolute Gasteiger partial charge is 0.379 e. The molecule has 10 nitrogen and oxygen atoms in total. The summed E-state index contributed by atoms with van der Waals surface area (Å²) in [4.78, 5) is 21.2. The maximum atomic E-state index is 12.4. The molecule has 0 atom stereocenters. The number of nitrogens with zero attached hydrogens (tertiary/aromatic N) is 4. The van der Waals surface area contributed by atoms with E-state index in [0.29, 0.717) is 46.0 Å². The highest BCUT2D eigenvalue weighted by molar-refractivity contribution is 5.77. The number of aliphatic hydroxyl groups excluding tert-OH is 1. The molecule has 0 saturated carbocycles. The first-order valence-electron chi connectivity index (χ1n) is 12.0. The zero-order valence-corrected chi connectivity index (χ0v) is 20.5. The molecule has 0 spiro atoms. The third kappa shape index (κ3) is 15.9. The van der Waals surface area contributed by atoms with Crippen LogP contribution in [0, 0.1) is 0 Å². The average molecular weight is 462 g/mol. The number of ether oxygens (including phenoxy) is 2.